The van der Waals surface area contributed by atoms with E-state index >= 15 is 0 Å². The number of hydrogen-bond donors (Lipinski definition) is 2. The highest BCUT2D eigenvalue weighted by atomic mass is 19.1. The molecule has 33 heavy (non-hydrogen) atoms. The molecule has 0 atom stereocenters. The molecule has 4 aromatic rings. The average Bonchev–Trinajstić information content (AvgIpc) is 3.26. The minimum atomic E-state index is -1.38. The summed E-state index contributed by atoms with van der Waals surface area (Å²) in [4.78, 5) is 23.6. The van der Waals surface area contributed by atoms with Crippen LogP contribution in [0.1, 0.15) is 5.56 Å². The number of rotatable bonds is 5. The second-order valence-corrected chi connectivity index (χ2v) is 7.32. The second-order valence-electron chi connectivity index (χ2n) is 7.32. The molecule has 4 rings (SSSR count). The van der Waals surface area contributed by atoms with Crippen molar-refractivity contribution in [2.24, 2.45) is 0 Å². The van der Waals surface area contributed by atoms with E-state index in [1.165, 1.54) is 12.3 Å². The Balaban J connectivity index is 1.71. The Hall–Kier alpha value is -4.46. The number of nitrogens with one attached hydrogen (secondary N) is 1. The maximum absolute atomic E-state index is 14.7. The van der Waals surface area contributed by atoms with E-state index in [1.807, 2.05) is 54.6 Å². The van der Waals surface area contributed by atoms with Crippen molar-refractivity contribution in [2.75, 3.05) is 7.05 Å². The van der Waals surface area contributed by atoms with Gasteiger partial charge in [0.15, 0.2) is 0 Å². The van der Waals surface area contributed by atoms with E-state index in [2.05, 4.69) is 10.4 Å². The minimum absolute atomic E-state index is 0.0256. The van der Waals surface area contributed by atoms with E-state index in [0.29, 0.717) is 27.4 Å². The first-order valence-electron chi connectivity index (χ1n) is 10.2. The molecule has 8 heteroatoms. The molecule has 0 radical (unpaired) electrons. The molecule has 0 saturated carbocycles. The zero-order valence-corrected chi connectivity index (χ0v) is 17.8. The van der Waals surface area contributed by atoms with Crippen LogP contribution in [0.4, 0.5) is 14.0 Å². The first-order chi connectivity index (χ1) is 16.0. The van der Waals surface area contributed by atoms with Gasteiger partial charge in [-0.25, -0.2) is 23.6 Å². The van der Waals surface area contributed by atoms with E-state index in [-0.39, 0.29) is 6.54 Å². The first-order valence-corrected chi connectivity index (χ1v) is 10.2. The van der Waals surface area contributed by atoms with E-state index < -0.39 is 17.9 Å². The van der Waals surface area contributed by atoms with Gasteiger partial charge < -0.3 is 10.4 Å². The standard InChI is InChI=1S/C25H21FN4O3/c1-29(25(32)33)24(31)27-15-19-16-28-30(23(19)21-9-5-6-10-22(21)26)20-13-11-18(12-14-20)17-7-3-2-4-8-17/h2-14,16H,15H2,1H3,(H,27,31)(H,32,33). The monoisotopic (exact) mass is 444 g/mol. The van der Waals surface area contributed by atoms with Gasteiger partial charge in [0.1, 0.15) is 5.82 Å². The van der Waals surface area contributed by atoms with Gasteiger partial charge >= 0.3 is 12.1 Å². The number of aromatic nitrogens is 2. The van der Waals surface area contributed by atoms with Gasteiger partial charge in [-0.1, -0.05) is 54.6 Å². The van der Waals surface area contributed by atoms with Crippen molar-refractivity contribution < 1.29 is 19.1 Å². The molecule has 0 aliphatic carbocycles. The molecule has 0 aliphatic heterocycles. The molecular formula is C25H21FN4O3. The van der Waals surface area contributed by atoms with Crippen molar-refractivity contribution in [2.45, 2.75) is 6.54 Å². The highest BCUT2D eigenvalue weighted by molar-refractivity contribution is 5.89. The Kier molecular flexibility index (Phi) is 6.17. The van der Waals surface area contributed by atoms with Crippen molar-refractivity contribution in [3.05, 3.63) is 96.4 Å². The van der Waals surface area contributed by atoms with Gasteiger partial charge in [0.25, 0.3) is 0 Å². The van der Waals surface area contributed by atoms with Crippen molar-refractivity contribution in [1.29, 1.82) is 0 Å². The van der Waals surface area contributed by atoms with Gasteiger partial charge in [0, 0.05) is 24.7 Å². The Morgan fingerprint density at radius 1 is 0.970 bits per heavy atom. The van der Waals surface area contributed by atoms with Crippen LogP contribution in [0, 0.1) is 5.82 Å². The summed E-state index contributed by atoms with van der Waals surface area (Å²) in [6.07, 6.45) is 0.157. The second kappa shape index (κ2) is 9.35. The van der Waals surface area contributed by atoms with Gasteiger partial charge in [0.2, 0.25) is 0 Å². The fourth-order valence-corrected chi connectivity index (χ4v) is 3.45. The summed E-state index contributed by atoms with van der Waals surface area (Å²) >= 11 is 0. The van der Waals surface area contributed by atoms with Crippen LogP contribution in [0.5, 0.6) is 0 Å². The molecule has 1 heterocycles. The van der Waals surface area contributed by atoms with Gasteiger partial charge in [0.05, 0.1) is 17.6 Å². The Bertz CT molecular complexity index is 1290. The highest BCUT2D eigenvalue weighted by Gasteiger charge is 2.20. The quantitative estimate of drug-likeness (QED) is 0.445. The number of carboxylic acid groups (broad SMARTS) is 1. The number of amides is 3. The molecule has 0 bridgehead atoms. The van der Waals surface area contributed by atoms with E-state index in [0.717, 1.165) is 18.2 Å². The third kappa shape index (κ3) is 4.59. The normalized spacial score (nSPS) is 10.6. The predicted octanol–water partition coefficient (Wildman–Crippen LogP) is 5.16. The molecule has 7 nitrogen and oxygen atoms in total. The summed E-state index contributed by atoms with van der Waals surface area (Å²) in [5, 5.41) is 15.9. The molecule has 0 saturated heterocycles. The van der Waals surface area contributed by atoms with Crippen LogP contribution in [-0.4, -0.2) is 39.0 Å². The minimum Gasteiger partial charge on any atom is -0.465 e. The molecule has 0 aliphatic rings. The SMILES string of the molecule is CN(C(=O)O)C(=O)NCc1cnn(-c2ccc(-c3ccccc3)cc2)c1-c1ccccc1F. The van der Waals surface area contributed by atoms with Crippen molar-refractivity contribution in [1.82, 2.24) is 20.0 Å². The number of halogens is 1. The van der Waals surface area contributed by atoms with Crippen LogP contribution in [0.25, 0.3) is 28.1 Å². The lowest BCUT2D eigenvalue weighted by Crippen LogP contribution is -2.39. The largest absolute Gasteiger partial charge is 0.465 e. The maximum atomic E-state index is 14.7. The number of hydrogen-bond acceptors (Lipinski definition) is 3. The Morgan fingerprint density at radius 3 is 2.27 bits per heavy atom. The molecule has 1 aromatic heterocycles. The number of carbonyl (C=O) groups excluding carboxylic acids is 1. The van der Waals surface area contributed by atoms with Crippen molar-refractivity contribution in [3.63, 3.8) is 0 Å². The fraction of sp³-hybridized carbons (Fsp3) is 0.0800. The highest BCUT2D eigenvalue weighted by Crippen LogP contribution is 2.30. The summed E-state index contributed by atoms with van der Waals surface area (Å²) in [7, 11) is 1.15. The maximum Gasteiger partial charge on any atom is 0.415 e. The average molecular weight is 444 g/mol. The van der Waals surface area contributed by atoms with Crippen LogP contribution < -0.4 is 5.32 Å². The number of nitrogens with zero attached hydrogens (tertiary/aromatic N) is 3. The first kappa shape index (κ1) is 21.8. The topological polar surface area (TPSA) is 87.5 Å². The fourth-order valence-electron chi connectivity index (χ4n) is 3.45. The van der Waals surface area contributed by atoms with Crippen LogP contribution in [-0.2, 0) is 6.54 Å². The van der Waals surface area contributed by atoms with E-state index in [4.69, 9.17) is 5.11 Å². The third-order valence-corrected chi connectivity index (χ3v) is 5.21. The zero-order chi connectivity index (χ0) is 23.4. The lowest BCUT2D eigenvalue weighted by atomic mass is 10.0. The van der Waals surface area contributed by atoms with Gasteiger partial charge in [-0.3, -0.25) is 0 Å². The third-order valence-electron chi connectivity index (χ3n) is 5.21. The molecule has 3 aromatic carbocycles. The molecule has 166 valence electrons. The summed E-state index contributed by atoms with van der Waals surface area (Å²) < 4.78 is 16.3. The number of imide groups is 1. The van der Waals surface area contributed by atoms with Crippen molar-refractivity contribution >= 4 is 12.1 Å². The van der Waals surface area contributed by atoms with Gasteiger partial charge in [-0.2, -0.15) is 5.10 Å². The molecule has 2 N–H and O–H groups in total. The summed E-state index contributed by atoms with van der Waals surface area (Å²) in [6.45, 7) is -0.0256. The van der Waals surface area contributed by atoms with E-state index in [9.17, 15) is 14.0 Å². The van der Waals surface area contributed by atoms with Gasteiger partial charge in [-0.05, 0) is 35.4 Å². The number of carbonyl (C=O) groups is 2. The van der Waals surface area contributed by atoms with Crippen LogP contribution in [0.3, 0.4) is 0 Å². The van der Waals surface area contributed by atoms with Crippen LogP contribution in [0.2, 0.25) is 0 Å². The van der Waals surface area contributed by atoms with E-state index in [1.54, 1.807) is 22.9 Å². The molecule has 0 unspecified atom stereocenters. The van der Waals surface area contributed by atoms with Crippen LogP contribution >= 0.6 is 0 Å². The lowest BCUT2D eigenvalue weighted by Gasteiger charge is -2.14. The lowest BCUT2D eigenvalue weighted by molar-refractivity contribution is 0.156. The summed E-state index contributed by atoms with van der Waals surface area (Å²) in [5.74, 6) is -0.435. The Labute approximate surface area is 189 Å². The van der Waals surface area contributed by atoms with Gasteiger partial charge in [-0.15, -0.1) is 0 Å². The summed E-state index contributed by atoms with van der Waals surface area (Å²) in [5.41, 5.74) is 4.15. The number of benzene rings is 3. The molecule has 0 fully saturated rings. The predicted molar refractivity (Wildman–Crippen MR) is 122 cm³/mol. The van der Waals surface area contributed by atoms with Crippen LogP contribution in [0.15, 0.2) is 85.1 Å². The smallest absolute Gasteiger partial charge is 0.415 e. The number of urea groups is 1. The summed E-state index contributed by atoms with van der Waals surface area (Å²) in [6, 6.07) is 23.1. The Morgan fingerprint density at radius 2 is 1.61 bits per heavy atom. The zero-order valence-electron chi connectivity index (χ0n) is 17.8. The molecule has 3 amide bonds. The molecular weight excluding hydrogens is 423 g/mol. The van der Waals surface area contributed by atoms with Crippen molar-refractivity contribution in [3.8, 4) is 28.1 Å². The molecule has 0 spiro atoms.